The highest BCUT2D eigenvalue weighted by molar-refractivity contribution is 5.99. The fraction of sp³-hybridized carbons (Fsp3) is 0.353. The van der Waals surface area contributed by atoms with Gasteiger partial charge in [0.2, 0.25) is 0 Å². The standard InChI is InChI=1S/C34H38FN7O3/c1-34(2,3)29-21-30(39-45-29)38-33(44)37-27-9-8-25(18-26(27)35)28-22-36-31-19-23(11-17-42(28)31)24-10-16-41(32(43)20-24)15-7-14-40-12-5-4-6-13-40/h8-11,16-22H,4-7,12-15H2,1-3H3,(H2,37,38,39,44). The molecular weight excluding hydrogens is 573 g/mol. The number of imidazole rings is 1. The average molecular weight is 612 g/mol. The Labute approximate surface area is 260 Å². The summed E-state index contributed by atoms with van der Waals surface area (Å²) in [5.74, 6) is 0.264. The second-order valence-electron chi connectivity index (χ2n) is 12.6. The van der Waals surface area contributed by atoms with E-state index in [0.717, 1.165) is 37.2 Å². The van der Waals surface area contributed by atoms with Gasteiger partial charge in [-0.25, -0.2) is 14.2 Å². The molecule has 0 bridgehead atoms. The molecule has 2 amide bonds. The molecule has 1 aliphatic rings. The normalized spacial score (nSPS) is 14.1. The van der Waals surface area contributed by atoms with Crippen molar-refractivity contribution in [3.8, 4) is 22.4 Å². The molecule has 5 aromatic rings. The van der Waals surface area contributed by atoms with Gasteiger partial charge in [0.1, 0.15) is 17.2 Å². The molecule has 0 spiro atoms. The lowest BCUT2D eigenvalue weighted by molar-refractivity contribution is 0.222. The fourth-order valence-electron chi connectivity index (χ4n) is 5.63. The SMILES string of the molecule is CC(C)(C)c1cc(NC(=O)Nc2ccc(-c3cnc4cc(-c5ccn(CCCN6CCCCC6)c(=O)c5)ccn34)cc2F)no1. The molecule has 0 atom stereocenters. The third kappa shape index (κ3) is 6.99. The Morgan fingerprint density at radius 3 is 2.44 bits per heavy atom. The summed E-state index contributed by atoms with van der Waals surface area (Å²) in [4.78, 5) is 32.3. The van der Waals surface area contributed by atoms with Crippen LogP contribution in [-0.2, 0) is 12.0 Å². The van der Waals surface area contributed by atoms with E-state index >= 15 is 4.39 Å². The monoisotopic (exact) mass is 611 g/mol. The van der Waals surface area contributed by atoms with Crippen LogP contribution in [0.15, 0.2) is 76.4 Å². The highest BCUT2D eigenvalue weighted by Gasteiger charge is 2.21. The molecule has 0 unspecified atom stereocenters. The van der Waals surface area contributed by atoms with E-state index in [1.165, 1.54) is 31.4 Å². The highest BCUT2D eigenvalue weighted by atomic mass is 19.1. The van der Waals surface area contributed by atoms with Crippen molar-refractivity contribution in [1.82, 2.24) is 24.0 Å². The number of rotatable bonds is 8. The van der Waals surface area contributed by atoms with Gasteiger partial charge in [-0.05, 0) is 80.4 Å². The van der Waals surface area contributed by atoms with Gasteiger partial charge in [-0.2, -0.15) is 0 Å². The van der Waals surface area contributed by atoms with Crippen LogP contribution in [0.5, 0.6) is 0 Å². The van der Waals surface area contributed by atoms with Gasteiger partial charge in [0.15, 0.2) is 5.82 Å². The Bertz CT molecular complexity index is 1880. The molecule has 0 aliphatic carbocycles. The van der Waals surface area contributed by atoms with Gasteiger partial charge in [-0.1, -0.05) is 38.4 Å². The first-order valence-corrected chi connectivity index (χ1v) is 15.4. The molecular formula is C34H38FN7O3. The summed E-state index contributed by atoms with van der Waals surface area (Å²) in [5.41, 5.74) is 3.37. The van der Waals surface area contributed by atoms with Crippen molar-refractivity contribution in [1.29, 1.82) is 0 Å². The topological polar surface area (TPSA) is 110 Å². The molecule has 234 valence electrons. The third-order valence-electron chi connectivity index (χ3n) is 8.17. The molecule has 11 heteroatoms. The minimum Gasteiger partial charge on any atom is -0.359 e. The Hall–Kier alpha value is -4.77. The molecule has 1 aliphatic heterocycles. The Balaban J connectivity index is 1.11. The van der Waals surface area contributed by atoms with E-state index in [9.17, 15) is 9.59 Å². The zero-order valence-corrected chi connectivity index (χ0v) is 25.8. The molecule has 2 N–H and O–H groups in total. The first-order valence-electron chi connectivity index (χ1n) is 15.4. The predicted octanol–water partition coefficient (Wildman–Crippen LogP) is 6.77. The Morgan fingerprint density at radius 2 is 1.71 bits per heavy atom. The van der Waals surface area contributed by atoms with Crippen LogP contribution in [0.4, 0.5) is 20.7 Å². The molecule has 1 aromatic carbocycles. The fourth-order valence-corrected chi connectivity index (χ4v) is 5.63. The first kappa shape index (κ1) is 30.3. The number of halogens is 1. The summed E-state index contributed by atoms with van der Waals surface area (Å²) >= 11 is 0. The van der Waals surface area contributed by atoms with Crippen LogP contribution < -0.4 is 16.2 Å². The number of carbonyl (C=O) groups excluding carboxylic acids is 1. The van der Waals surface area contributed by atoms with Gasteiger partial charge in [0.05, 0.1) is 17.6 Å². The number of carbonyl (C=O) groups is 1. The lowest BCUT2D eigenvalue weighted by Gasteiger charge is -2.26. The maximum atomic E-state index is 15.1. The molecule has 0 saturated carbocycles. The van der Waals surface area contributed by atoms with Crippen LogP contribution >= 0.6 is 0 Å². The molecule has 1 fully saturated rings. The van der Waals surface area contributed by atoms with Crippen LogP contribution in [0.25, 0.3) is 28.0 Å². The van der Waals surface area contributed by atoms with Gasteiger partial charge in [0.25, 0.3) is 5.56 Å². The number of amides is 2. The number of aromatic nitrogens is 4. The molecule has 0 radical (unpaired) electrons. The van der Waals surface area contributed by atoms with Crippen LogP contribution in [0, 0.1) is 5.82 Å². The summed E-state index contributed by atoms with van der Waals surface area (Å²) in [6.45, 7) is 9.95. The van der Waals surface area contributed by atoms with E-state index in [4.69, 9.17) is 4.52 Å². The van der Waals surface area contributed by atoms with Gasteiger partial charge >= 0.3 is 6.03 Å². The van der Waals surface area contributed by atoms with E-state index in [2.05, 4.69) is 25.7 Å². The number of hydrogen-bond acceptors (Lipinski definition) is 6. The number of hydrogen-bond donors (Lipinski definition) is 2. The molecule has 10 nitrogen and oxygen atoms in total. The quantitative estimate of drug-likeness (QED) is 0.200. The second kappa shape index (κ2) is 12.7. The Morgan fingerprint density at radius 1 is 0.933 bits per heavy atom. The van der Waals surface area contributed by atoms with Gasteiger partial charge < -0.3 is 19.3 Å². The van der Waals surface area contributed by atoms with Crippen LogP contribution in [0.2, 0.25) is 0 Å². The summed E-state index contributed by atoms with van der Waals surface area (Å²) in [6, 6.07) is 13.0. The number of nitrogens with zero attached hydrogens (tertiary/aromatic N) is 5. The molecule has 6 rings (SSSR count). The van der Waals surface area contributed by atoms with Crippen molar-refractivity contribution in [2.24, 2.45) is 0 Å². The number of pyridine rings is 2. The van der Waals surface area contributed by atoms with Crippen LogP contribution in [0.3, 0.4) is 0 Å². The number of benzene rings is 1. The van der Waals surface area contributed by atoms with Crippen molar-refractivity contribution in [2.75, 3.05) is 30.3 Å². The van der Waals surface area contributed by atoms with E-state index in [-0.39, 0.29) is 22.5 Å². The maximum Gasteiger partial charge on any atom is 0.325 e. The van der Waals surface area contributed by atoms with E-state index in [1.54, 1.807) is 29.0 Å². The van der Waals surface area contributed by atoms with E-state index in [1.807, 2.05) is 55.8 Å². The highest BCUT2D eigenvalue weighted by Crippen LogP contribution is 2.28. The second-order valence-corrected chi connectivity index (χ2v) is 12.6. The predicted molar refractivity (Wildman–Crippen MR) is 173 cm³/mol. The number of likely N-dealkylation sites (tertiary alicyclic amines) is 1. The smallest absolute Gasteiger partial charge is 0.325 e. The Kier molecular flexibility index (Phi) is 8.53. The van der Waals surface area contributed by atoms with Gasteiger partial charge in [-0.15, -0.1) is 0 Å². The number of aryl methyl sites for hydroxylation is 1. The summed E-state index contributed by atoms with van der Waals surface area (Å²) in [7, 11) is 0. The number of anilines is 2. The van der Waals surface area contributed by atoms with Gasteiger partial charge in [-0.3, -0.25) is 14.5 Å². The zero-order chi connectivity index (χ0) is 31.6. The number of piperidine rings is 1. The summed E-state index contributed by atoms with van der Waals surface area (Å²) in [5, 5.41) is 8.94. The van der Waals surface area contributed by atoms with Crippen molar-refractivity contribution in [3.05, 3.63) is 89.1 Å². The van der Waals surface area contributed by atoms with Crippen molar-refractivity contribution >= 4 is 23.2 Å². The molecule has 1 saturated heterocycles. The maximum absolute atomic E-state index is 15.1. The zero-order valence-electron chi connectivity index (χ0n) is 25.8. The van der Waals surface area contributed by atoms with E-state index in [0.29, 0.717) is 29.2 Å². The van der Waals surface area contributed by atoms with Crippen LogP contribution in [0.1, 0.15) is 52.2 Å². The number of fused-ring (bicyclic) bond motifs is 1. The lowest BCUT2D eigenvalue weighted by Crippen LogP contribution is -2.31. The average Bonchev–Trinajstić information content (AvgIpc) is 3.67. The van der Waals surface area contributed by atoms with Crippen LogP contribution in [-0.4, -0.2) is 49.7 Å². The van der Waals surface area contributed by atoms with Gasteiger partial charge in [0, 0.05) is 42.0 Å². The van der Waals surface area contributed by atoms with Crippen molar-refractivity contribution in [2.45, 2.75) is 58.4 Å². The first-order chi connectivity index (χ1) is 21.6. The van der Waals surface area contributed by atoms with E-state index < -0.39 is 11.8 Å². The molecule has 5 heterocycles. The number of nitrogens with one attached hydrogen (secondary N) is 2. The number of urea groups is 1. The summed E-state index contributed by atoms with van der Waals surface area (Å²) < 4.78 is 24.0. The third-order valence-corrected chi connectivity index (χ3v) is 8.17. The van der Waals surface area contributed by atoms with Crippen molar-refractivity contribution < 1.29 is 13.7 Å². The minimum atomic E-state index is -0.636. The molecule has 4 aromatic heterocycles. The minimum absolute atomic E-state index is 0.0214. The lowest BCUT2D eigenvalue weighted by atomic mass is 9.93. The largest absolute Gasteiger partial charge is 0.359 e. The molecule has 45 heavy (non-hydrogen) atoms. The van der Waals surface area contributed by atoms with Crippen molar-refractivity contribution in [3.63, 3.8) is 0 Å². The summed E-state index contributed by atoms with van der Waals surface area (Å²) in [6.07, 6.45) is 10.2.